The van der Waals surface area contributed by atoms with Gasteiger partial charge < -0.3 is 13.6 Å². The Morgan fingerprint density at radius 2 is 1.86 bits per heavy atom. The van der Waals surface area contributed by atoms with Crippen molar-refractivity contribution >= 4 is 35.9 Å². The van der Waals surface area contributed by atoms with Crippen molar-refractivity contribution in [3.05, 3.63) is 71.5 Å². The molecule has 37 heavy (non-hydrogen) atoms. The van der Waals surface area contributed by atoms with Gasteiger partial charge >= 0.3 is 0 Å². The van der Waals surface area contributed by atoms with Crippen LogP contribution in [0.4, 0.5) is 0 Å². The molecule has 0 aliphatic carbocycles. The van der Waals surface area contributed by atoms with Gasteiger partial charge in [-0.3, -0.25) is 4.79 Å². The molecule has 2 aromatic carbocycles. The number of carbonyl (C=O) groups is 1. The number of hydrogen-bond acceptors (Lipinski definition) is 3. The second-order valence-electron chi connectivity index (χ2n) is 11.8. The van der Waals surface area contributed by atoms with Gasteiger partial charge in [-0.05, 0) is 49.0 Å². The Bertz CT molecular complexity index is 1510. The van der Waals surface area contributed by atoms with E-state index < -0.39 is 14.2 Å². The van der Waals surface area contributed by atoms with Gasteiger partial charge in [0.1, 0.15) is 5.92 Å². The third-order valence-corrected chi connectivity index (χ3v) is 13.0. The van der Waals surface area contributed by atoms with Crippen LogP contribution >= 0.6 is 0 Å². The monoisotopic (exact) mass is 511 g/mol. The predicted octanol–water partition coefficient (Wildman–Crippen LogP) is 7.44. The maximum absolute atomic E-state index is 13.9. The van der Waals surface area contributed by atoms with Crippen molar-refractivity contribution in [1.29, 1.82) is 5.26 Å². The minimum Gasteiger partial charge on any atom is -0.417 e. The number of nitrogens with zero attached hydrogens (tertiary/aromatic N) is 3. The van der Waals surface area contributed by atoms with Gasteiger partial charge in [0.15, 0.2) is 14.1 Å². The van der Waals surface area contributed by atoms with E-state index in [-0.39, 0.29) is 10.8 Å². The summed E-state index contributed by atoms with van der Waals surface area (Å²) in [4.78, 5) is 13.9. The first-order valence-electron chi connectivity index (χ1n) is 13.4. The predicted molar refractivity (Wildman–Crippen MR) is 153 cm³/mol. The van der Waals surface area contributed by atoms with Crippen LogP contribution in [0.5, 0.6) is 0 Å². The second-order valence-corrected chi connectivity index (χ2v) is 16.6. The molecule has 0 amide bonds. The van der Waals surface area contributed by atoms with Gasteiger partial charge in [0.2, 0.25) is 0 Å². The van der Waals surface area contributed by atoms with Gasteiger partial charge in [-0.1, -0.05) is 57.2 Å². The maximum atomic E-state index is 13.9. The zero-order chi connectivity index (χ0) is 26.4. The number of hydrogen-bond donors (Lipinski definition) is 0. The standard InChI is InChI=1S/C31H37N3O2Si/c1-31(2,3)37(4,5)36-18-10-17-33-20-26(23-13-6-7-15-28(23)33)25(19-32)30(35)27-21-34-16-9-12-22-11-8-14-24(27)29(22)34/h6-8,11,13-15,20-21,25H,9-10,12,16-18H2,1-5H3. The molecule has 0 bridgehead atoms. The Hall–Kier alpha value is -3.14. The SMILES string of the molecule is CC(C)(C)[Si](C)(C)OCCCn1cc(C(C#N)C(=O)c2cn3c4c(cccc24)CCC3)c2ccccc21. The zero-order valence-corrected chi connectivity index (χ0v) is 23.7. The number of benzene rings is 2. The van der Waals surface area contributed by atoms with Crippen LogP contribution in [-0.2, 0) is 23.9 Å². The van der Waals surface area contributed by atoms with E-state index in [9.17, 15) is 10.1 Å². The number of fused-ring (bicyclic) bond motifs is 1. The van der Waals surface area contributed by atoms with Crippen LogP contribution in [0.2, 0.25) is 18.1 Å². The molecule has 1 atom stereocenters. The lowest BCUT2D eigenvalue weighted by Gasteiger charge is -2.36. The first-order chi connectivity index (χ1) is 17.6. The highest BCUT2D eigenvalue weighted by Crippen LogP contribution is 2.37. The number of rotatable bonds is 8. The Labute approximate surface area is 220 Å². The Morgan fingerprint density at radius 1 is 1.11 bits per heavy atom. The van der Waals surface area contributed by atoms with Crippen molar-refractivity contribution in [2.75, 3.05) is 6.61 Å². The summed E-state index contributed by atoms with van der Waals surface area (Å²) in [6.07, 6.45) is 6.97. The van der Waals surface area contributed by atoms with Gasteiger partial charge in [0.25, 0.3) is 0 Å². The lowest BCUT2D eigenvalue weighted by Crippen LogP contribution is -2.41. The Morgan fingerprint density at radius 3 is 2.62 bits per heavy atom. The molecule has 0 N–H and O–H groups in total. The summed E-state index contributed by atoms with van der Waals surface area (Å²) < 4.78 is 10.8. The van der Waals surface area contributed by atoms with Crippen molar-refractivity contribution in [2.24, 2.45) is 0 Å². The fourth-order valence-electron chi connectivity index (χ4n) is 5.35. The van der Waals surface area contributed by atoms with E-state index in [2.05, 4.69) is 61.2 Å². The summed E-state index contributed by atoms with van der Waals surface area (Å²) in [5.41, 5.74) is 4.94. The van der Waals surface area contributed by atoms with Gasteiger partial charge in [0.05, 0.1) is 11.6 Å². The fourth-order valence-corrected chi connectivity index (χ4v) is 6.43. The molecule has 0 saturated carbocycles. The molecule has 1 aliphatic rings. The van der Waals surface area contributed by atoms with Crippen LogP contribution in [0.3, 0.4) is 0 Å². The molecule has 5 nitrogen and oxygen atoms in total. The molecular weight excluding hydrogens is 474 g/mol. The fraction of sp³-hybridized carbons (Fsp3) is 0.419. The van der Waals surface area contributed by atoms with Crippen LogP contribution in [-0.4, -0.2) is 29.8 Å². The molecule has 0 saturated heterocycles. The number of Topliss-reactive ketones (excluding diaryl/α,β-unsaturated/α-hetero) is 1. The minimum absolute atomic E-state index is 0.116. The molecular formula is C31H37N3O2Si. The Balaban J connectivity index is 1.44. The highest BCUT2D eigenvalue weighted by molar-refractivity contribution is 6.74. The molecule has 0 radical (unpaired) electrons. The van der Waals surface area contributed by atoms with Crippen molar-refractivity contribution in [3.8, 4) is 6.07 Å². The van der Waals surface area contributed by atoms with E-state index in [4.69, 9.17) is 4.43 Å². The normalized spacial score (nSPS) is 14.7. The van der Waals surface area contributed by atoms with E-state index in [0.717, 1.165) is 59.7 Å². The third-order valence-electron chi connectivity index (χ3n) is 8.43. The molecule has 4 aromatic rings. The van der Waals surface area contributed by atoms with E-state index in [1.54, 1.807) is 0 Å². The zero-order valence-electron chi connectivity index (χ0n) is 22.7. The van der Waals surface area contributed by atoms with Crippen molar-refractivity contribution < 1.29 is 9.22 Å². The lowest BCUT2D eigenvalue weighted by molar-refractivity contribution is 0.0980. The van der Waals surface area contributed by atoms with Crippen molar-refractivity contribution in [1.82, 2.24) is 9.13 Å². The number of nitriles is 1. The average Bonchev–Trinajstić information content (AvgIpc) is 3.42. The third kappa shape index (κ3) is 4.56. The van der Waals surface area contributed by atoms with Crippen molar-refractivity contribution in [2.45, 2.75) is 77.2 Å². The van der Waals surface area contributed by atoms with E-state index in [1.807, 2.05) is 42.7 Å². The lowest BCUT2D eigenvalue weighted by atomic mass is 9.91. The summed E-state index contributed by atoms with van der Waals surface area (Å²) in [7, 11) is -1.79. The molecule has 0 spiro atoms. The van der Waals surface area contributed by atoms with E-state index in [0.29, 0.717) is 12.2 Å². The topological polar surface area (TPSA) is 60.0 Å². The first kappa shape index (κ1) is 25.5. The van der Waals surface area contributed by atoms with Crippen LogP contribution in [0.1, 0.15) is 61.0 Å². The number of para-hydroxylation sites is 2. The summed E-state index contributed by atoms with van der Waals surface area (Å²) >= 11 is 0. The quantitative estimate of drug-likeness (QED) is 0.140. The number of ketones is 1. The molecule has 5 rings (SSSR count). The second kappa shape index (κ2) is 9.63. The number of aryl methyl sites for hydroxylation is 3. The summed E-state index contributed by atoms with van der Waals surface area (Å²) in [6, 6.07) is 16.7. The van der Waals surface area contributed by atoms with Gasteiger partial charge in [-0.2, -0.15) is 5.26 Å². The average molecular weight is 512 g/mol. The maximum Gasteiger partial charge on any atom is 0.191 e. The largest absolute Gasteiger partial charge is 0.417 e. The van der Waals surface area contributed by atoms with Gasteiger partial charge in [-0.15, -0.1) is 0 Å². The summed E-state index contributed by atoms with van der Waals surface area (Å²) in [5, 5.41) is 12.4. The highest BCUT2D eigenvalue weighted by Gasteiger charge is 2.37. The summed E-state index contributed by atoms with van der Waals surface area (Å²) in [6.45, 7) is 13.7. The first-order valence-corrected chi connectivity index (χ1v) is 16.3. The Kier molecular flexibility index (Phi) is 6.64. The highest BCUT2D eigenvalue weighted by atomic mass is 28.4. The molecule has 3 heterocycles. The van der Waals surface area contributed by atoms with Gasteiger partial charge in [-0.25, -0.2) is 0 Å². The van der Waals surface area contributed by atoms with Crippen LogP contribution in [0.15, 0.2) is 54.9 Å². The smallest absolute Gasteiger partial charge is 0.191 e. The number of carbonyl (C=O) groups excluding carboxylic acids is 1. The molecule has 0 fully saturated rings. The molecule has 2 aromatic heterocycles. The van der Waals surface area contributed by atoms with Crippen LogP contribution in [0.25, 0.3) is 21.8 Å². The van der Waals surface area contributed by atoms with Crippen molar-refractivity contribution in [3.63, 3.8) is 0 Å². The molecule has 192 valence electrons. The molecule has 1 unspecified atom stereocenters. The van der Waals surface area contributed by atoms with Gasteiger partial charge in [0, 0.05) is 59.5 Å². The number of aromatic nitrogens is 2. The van der Waals surface area contributed by atoms with Crippen LogP contribution in [0, 0.1) is 11.3 Å². The van der Waals surface area contributed by atoms with E-state index >= 15 is 0 Å². The molecule has 1 aliphatic heterocycles. The minimum atomic E-state index is -1.79. The molecule has 6 heteroatoms. The van der Waals surface area contributed by atoms with E-state index in [1.165, 1.54) is 5.56 Å². The van der Waals surface area contributed by atoms with Crippen LogP contribution < -0.4 is 0 Å². The summed E-state index contributed by atoms with van der Waals surface area (Å²) in [5.74, 6) is -0.965.